The molecule has 168 valence electrons. The van der Waals surface area contributed by atoms with Crippen LogP contribution in [-0.2, 0) is 32.7 Å². The number of para-hydroxylation sites is 1. The van der Waals surface area contributed by atoms with Gasteiger partial charge in [0.05, 0.1) is 5.69 Å². The molecule has 0 N–H and O–H groups in total. The van der Waals surface area contributed by atoms with Crippen LogP contribution in [0, 0.1) is 6.92 Å². The molecule has 0 spiro atoms. The summed E-state index contributed by atoms with van der Waals surface area (Å²) in [5.41, 5.74) is 6.63. The molecule has 5 rings (SSSR count). The molecule has 0 atom stereocenters. The fourth-order valence-electron chi connectivity index (χ4n) is 4.82. The van der Waals surface area contributed by atoms with Crippen molar-refractivity contribution in [3.05, 3.63) is 92.5 Å². The molecule has 6 nitrogen and oxygen atoms in total. The maximum absolute atomic E-state index is 13.3. The topological polar surface area (TPSA) is 70.0 Å². The van der Waals surface area contributed by atoms with E-state index in [4.69, 9.17) is 4.52 Å². The van der Waals surface area contributed by atoms with E-state index in [2.05, 4.69) is 30.3 Å². The van der Waals surface area contributed by atoms with Gasteiger partial charge in [-0.05, 0) is 49.4 Å². The van der Waals surface area contributed by atoms with Crippen LogP contribution in [-0.4, -0.2) is 20.3 Å². The van der Waals surface area contributed by atoms with E-state index >= 15 is 0 Å². The summed E-state index contributed by atoms with van der Waals surface area (Å²) >= 11 is 0. The number of Topliss-reactive ketones (excluding diaryl/α,β-unsaturated/α-hetero) is 1. The molecule has 0 fully saturated rings. The highest BCUT2D eigenvalue weighted by atomic mass is 16.5. The normalized spacial score (nSPS) is 12.5. The van der Waals surface area contributed by atoms with Gasteiger partial charge in [0.15, 0.2) is 17.2 Å². The quantitative estimate of drug-likeness (QED) is 0.410. The van der Waals surface area contributed by atoms with E-state index < -0.39 is 0 Å². The molecule has 0 saturated heterocycles. The van der Waals surface area contributed by atoms with Gasteiger partial charge in [0.2, 0.25) is 0 Å². The van der Waals surface area contributed by atoms with Crippen molar-refractivity contribution in [1.29, 1.82) is 0 Å². The fraction of sp³-hybridized carbons (Fsp3) is 0.296. The molecule has 6 heteroatoms. The lowest BCUT2D eigenvalue weighted by atomic mass is 9.87. The summed E-state index contributed by atoms with van der Waals surface area (Å²) in [7, 11) is 1.83. The van der Waals surface area contributed by atoms with Crippen molar-refractivity contribution in [2.24, 2.45) is 7.05 Å². The van der Waals surface area contributed by atoms with Crippen molar-refractivity contribution < 1.29 is 9.32 Å². The van der Waals surface area contributed by atoms with Gasteiger partial charge in [-0.25, -0.2) is 4.68 Å². The third kappa shape index (κ3) is 3.55. The van der Waals surface area contributed by atoms with Gasteiger partial charge >= 0.3 is 0 Å². The maximum atomic E-state index is 13.3. The summed E-state index contributed by atoms with van der Waals surface area (Å²) in [6.07, 6.45) is 3.73. The number of hydrogen-bond acceptors (Lipinski definition) is 4. The second-order valence-electron chi connectivity index (χ2n) is 8.72. The maximum Gasteiger partial charge on any atom is 0.275 e. The standard InChI is InChI=1S/C27H27N3O3/c1-4-8-18-11-13-21-19(15-18)12-14-22-25(28-33-26(21)22)24(31)16-23-17(2)29(3)30(27(23)32)20-9-6-5-7-10-20/h5-7,9-11,13,15H,4,8,12,14,16H2,1-3H3. The minimum absolute atomic E-state index is 0.000388. The molecule has 33 heavy (non-hydrogen) atoms. The Labute approximate surface area is 192 Å². The monoisotopic (exact) mass is 441 g/mol. The van der Waals surface area contributed by atoms with Crippen LogP contribution in [0.5, 0.6) is 0 Å². The number of aromatic nitrogens is 3. The number of hydrogen-bond donors (Lipinski definition) is 0. The van der Waals surface area contributed by atoms with E-state index in [1.807, 2.05) is 44.3 Å². The van der Waals surface area contributed by atoms with Crippen LogP contribution < -0.4 is 5.56 Å². The molecule has 4 aromatic rings. The molecule has 0 saturated carbocycles. The second kappa shape index (κ2) is 8.35. The lowest BCUT2D eigenvalue weighted by Gasteiger charge is -2.16. The zero-order valence-electron chi connectivity index (χ0n) is 19.2. The number of fused-ring (bicyclic) bond motifs is 3. The molecular weight excluding hydrogens is 414 g/mol. The van der Waals surface area contributed by atoms with Gasteiger partial charge in [-0.1, -0.05) is 54.9 Å². The second-order valence-corrected chi connectivity index (χ2v) is 8.72. The molecule has 0 radical (unpaired) electrons. The van der Waals surface area contributed by atoms with Crippen LogP contribution in [0.25, 0.3) is 17.0 Å². The summed E-state index contributed by atoms with van der Waals surface area (Å²) in [5, 5.41) is 4.16. The predicted octanol–water partition coefficient (Wildman–Crippen LogP) is 4.62. The van der Waals surface area contributed by atoms with Gasteiger partial charge in [0.1, 0.15) is 0 Å². The van der Waals surface area contributed by atoms with E-state index in [1.165, 1.54) is 11.1 Å². The molecule has 1 aliphatic rings. The predicted molar refractivity (Wildman–Crippen MR) is 127 cm³/mol. The number of aryl methyl sites for hydroxylation is 2. The van der Waals surface area contributed by atoms with Crippen molar-refractivity contribution in [2.75, 3.05) is 0 Å². The van der Waals surface area contributed by atoms with Crippen LogP contribution in [0.2, 0.25) is 0 Å². The van der Waals surface area contributed by atoms with Gasteiger partial charge in [0.25, 0.3) is 5.56 Å². The fourth-order valence-corrected chi connectivity index (χ4v) is 4.82. The first-order chi connectivity index (χ1) is 16.0. The third-order valence-electron chi connectivity index (χ3n) is 6.66. The molecule has 2 aromatic heterocycles. The lowest BCUT2D eigenvalue weighted by molar-refractivity contribution is 0.0983. The smallest absolute Gasteiger partial charge is 0.275 e. The zero-order chi connectivity index (χ0) is 23.1. The molecule has 2 heterocycles. The number of rotatable bonds is 6. The Kier molecular flexibility index (Phi) is 5.36. The molecule has 0 unspecified atom stereocenters. The molecule has 0 amide bonds. The zero-order valence-corrected chi connectivity index (χ0v) is 19.2. The van der Waals surface area contributed by atoms with E-state index in [9.17, 15) is 9.59 Å². The Hall–Kier alpha value is -3.67. The summed E-state index contributed by atoms with van der Waals surface area (Å²) in [6, 6.07) is 15.9. The third-order valence-corrected chi connectivity index (χ3v) is 6.66. The molecule has 0 aliphatic heterocycles. The molecular formula is C27H27N3O3. The minimum atomic E-state index is -0.183. The Morgan fingerprint density at radius 3 is 2.67 bits per heavy atom. The number of ketones is 1. The Balaban J connectivity index is 1.47. The van der Waals surface area contributed by atoms with Crippen molar-refractivity contribution in [3.8, 4) is 17.0 Å². The van der Waals surface area contributed by atoms with Gasteiger partial charge in [-0.2, -0.15) is 0 Å². The Morgan fingerprint density at radius 2 is 1.91 bits per heavy atom. The average molecular weight is 442 g/mol. The minimum Gasteiger partial charge on any atom is -0.355 e. The Morgan fingerprint density at radius 1 is 1.12 bits per heavy atom. The van der Waals surface area contributed by atoms with Crippen molar-refractivity contribution in [1.82, 2.24) is 14.5 Å². The van der Waals surface area contributed by atoms with E-state index in [1.54, 1.807) is 9.36 Å². The molecule has 1 aliphatic carbocycles. The van der Waals surface area contributed by atoms with Gasteiger partial charge in [-0.15, -0.1) is 0 Å². The Bertz CT molecular complexity index is 1410. The van der Waals surface area contributed by atoms with E-state index in [0.717, 1.165) is 41.8 Å². The summed E-state index contributed by atoms with van der Waals surface area (Å²) in [6.45, 7) is 4.04. The average Bonchev–Trinajstić information content (AvgIpc) is 3.35. The van der Waals surface area contributed by atoms with E-state index in [0.29, 0.717) is 23.4 Å². The SMILES string of the molecule is CCCc1ccc2c(c1)CCc1c(C(=O)Cc3c(C)n(C)n(-c4ccccc4)c3=O)noc1-2. The highest BCUT2D eigenvalue weighted by Gasteiger charge is 2.29. The molecule has 2 aromatic carbocycles. The first-order valence-electron chi connectivity index (χ1n) is 11.5. The largest absolute Gasteiger partial charge is 0.355 e. The highest BCUT2D eigenvalue weighted by molar-refractivity contribution is 5.98. The number of carbonyl (C=O) groups is 1. The number of carbonyl (C=O) groups excluding carboxylic acids is 1. The molecule has 0 bridgehead atoms. The van der Waals surface area contributed by atoms with Crippen molar-refractivity contribution in [2.45, 2.75) is 46.0 Å². The van der Waals surface area contributed by atoms with Crippen molar-refractivity contribution >= 4 is 5.78 Å². The van der Waals surface area contributed by atoms with Crippen molar-refractivity contribution in [3.63, 3.8) is 0 Å². The van der Waals surface area contributed by atoms with Gasteiger partial charge < -0.3 is 4.52 Å². The van der Waals surface area contributed by atoms with Crippen LogP contribution in [0.1, 0.15) is 51.8 Å². The number of nitrogens with zero attached hydrogens (tertiary/aromatic N) is 3. The summed E-state index contributed by atoms with van der Waals surface area (Å²) in [5.74, 6) is 0.506. The first-order valence-corrected chi connectivity index (χ1v) is 11.5. The highest BCUT2D eigenvalue weighted by Crippen LogP contribution is 2.36. The number of benzene rings is 2. The van der Waals surface area contributed by atoms with Crippen LogP contribution in [0.15, 0.2) is 57.8 Å². The van der Waals surface area contributed by atoms with Gasteiger partial charge in [-0.3, -0.25) is 14.3 Å². The first kappa shape index (κ1) is 21.2. The van der Waals surface area contributed by atoms with Crippen LogP contribution in [0.3, 0.4) is 0 Å². The lowest BCUT2D eigenvalue weighted by Crippen LogP contribution is -2.22. The van der Waals surface area contributed by atoms with E-state index in [-0.39, 0.29) is 17.8 Å². The summed E-state index contributed by atoms with van der Waals surface area (Å²) < 4.78 is 9.06. The van der Waals surface area contributed by atoms with Gasteiger partial charge in [0, 0.05) is 35.9 Å². The van der Waals surface area contributed by atoms with Crippen LogP contribution >= 0.6 is 0 Å². The van der Waals surface area contributed by atoms with Crippen LogP contribution in [0.4, 0.5) is 0 Å². The summed E-state index contributed by atoms with van der Waals surface area (Å²) in [4.78, 5) is 26.5.